The molecule has 1 saturated carbocycles. The van der Waals surface area contributed by atoms with E-state index >= 15 is 0 Å². The van der Waals surface area contributed by atoms with E-state index in [4.69, 9.17) is 9.47 Å². The number of carbonyl (C=O) groups is 1. The average Bonchev–Trinajstić information content (AvgIpc) is 3.23. The predicted molar refractivity (Wildman–Crippen MR) is 168 cm³/mol. The summed E-state index contributed by atoms with van der Waals surface area (Å²) in [5, 5.41) is 15.4. The predicted octanol–water partition coefficient (Wildman–Crippen LogP) is 6.95. The summed E-state index contributed by atoms with van der Waals surface area (Å²) in [5.74, 6) is 0. The third kappa shape index (κ3) is 7.29. The van der Waals surface area contributed by atoms with E-state index in [-0.39, 0.29) is 24.8 Å². The van der Waals surface area contributed by atoms with Crippen molar-refractivity contribution in [3.05, 3.63) is 101 Å². The van der Waals surface area contributed by atoms with Crippen LogP contribution in [0.1, 0.15) is 81.1 Å². The molecule has 2 aliphatic heterocycles. The molecule has 3 aromatic carbocycles. The summed E-state index contributed by atoms with van der Waals surface area (Å²) in [6.07, 6.45) is 3.80. The third-order valence-electron chi connectivity index (χ3n) is 9.29. The van der Waals surface area contributed by atoms with Crippen molar-refractivity contribution in [1.29, 1.82) is 0 Å². The number of anilines is 1. The van der Waals surface area contributed by atoms with Crippen LogP contribution in [0.3, 0.4) is 0 Å². The van der Waals surface area contributed by atoms with E-state index in [0.717, 1.165) is 41.8 Å². The van der Waals surface area contributed by atoms with Gasteiger partial charge in [0, 0.05) is 43.3 Å². The summed E-state index contributed by atoms with van der Waals surface area (Å²) in [6, 6.07) is 25.9. The number of ether oxygens (including phenoxy) is 2. The van der Waals surface area contributed by atoms with Gasteiger partial charge >= 0.3 is 6.03 Å². The number of aliphatic hydroxyl groups excluding tert-OH is 1. The lowest BCUT2D eigenvalue weighted by atomic mass is 9.65. The Balaban J connectivity index is 1.18. The second-order valence-electron chi connectivity index (χ2n) is 13.9. The largest absolute Gasteiger partial charge is 0.392 e. The minimum absolute atomic E-state index is 0.00174. The molecule has 3 aromatic rings. The molecular weight excluding hydrogens is 538 g/mol. The number of amides is 2. The molecule has 7 nitrogen and oxygen atoms in total. The van der Waals surface area contributed by atoms with Gasteiger partial charge in [0.15, 0.2) is 6.29 Å². The normalized spacial score (nSPS) is 28.4. The van der Waals surface area contributed by atoms with Crippen molar-refractivity contribution in [2.24, 2.45) is 10.8 Å². The SMILES string of the molecule is CC1(C)CC2CC(C)(CN2C[C@H]2C[C@@H](c3ccc(CO)cc3)O[C@@H](c3cccc(NC(=O)NCc4ccccc4)c3)O2)C1. The van der Waals surface area contributed by atoms with Gasteiger partial charge in [-0.2, -0.15) is 0 Å². The fourth-order valence-corrected chi connectivity index (χ4v) is 7.80. The first-order valence-corrected chi connectivity index (χ1v) is 15.6. The van der Waals surface area contributed by atoms with Crippen molar-refractivity contribution in [3.63, 3.8) is 0 Å². The molecule has 0 spiro atoms. The monoisotopic (exact) mass is 583 g/mol. The van der Waals surface area contributed by atoms with Crippen molar-refractivity contribution < 1.29 is 19.4 Å². The van der Waals surface area contributed by atoms with Crippen LogP contribution >= 0.6 is 0 Å². The maximum atomic E-state index is 12.7. The van der Waals surface area contributed by atoms with Crippen LogP contribution < -0.4 is 10.6 Å². The molecule has 2 heterocycles. The fraction of sp³-hybridized carbons (Fsp3) is 0.472. The maximum Gasteiger partial charge on any atom is 0.319 e. The zero-order valence-corrected chi connectivity index (χ0v) is 25.6. The molecule has 2 amide bonds. The van der Waals surface area contributed by atoms with Crippen molar-refractivity contribution in [2.75, 3.05) is 18.4 Å². The molecular formula is C36H45N3O4. The minimum atomic E-state index is -0.565. The average molecular weight is 584 g/mol. The van der Waals surface area contributed by atoms with Gasteiger partial charge in [0.1, 0.15) is 0 Å². The van der Waals surface area contributed by atoms with E-state index in [9.17, 15) is 9.90 Å². The van der Waals surface area contributed by atoms with Gasteiger partial charge in [-0.25, -0.2) is 4.79 Å². The summed E-state index contributed by atoms with van der Waals surface area (Å²) in [7, 11) is 0. The molecule has 7 heteroatoms. The number of carbonyl (C=O) groups excluding carboxylic acids is 1. The highest BCUT2D eigenvalue weighted by molar-refractivity contribution is 5.89. The van der Waals surface area contributed by atoms with Crippen LogP contribution in [0.15, 0.2) is 78.9 Å². The Labute approximate surface area is 255 Å². The van der Waals surface area contributed by atoms with Crippen LogP contribution in [0.4, 0.5) is 10.5 Å². The van der Waals surface area contributed by atoms with Crippen LogP contribution in [0, 0.1) is 10.8 Å². The summed E-state index contributed by atoms with van der Waals surface area (Å²) in [6.45, 7) is 9.74. The van der Waals surface area contributed by atoms with E-state index in [1.807, 2.05) is 66.7 Å². The number of hydrogen-bond acceptors (Lipinski definition) is 5. The molecule has 1 aliphatic carbocycles. The molecule has 3 fully saturated rings. The molecule has 3 N–H and O–H groups in total. The molecule has 2 bridgehead atoms. The summed E-state index contributed by atoms with van der Waals surface area (Å²) in [4.78, 5) is 15.3. The Kier molecular flexibility index (Phi) is 8.60. The first kappa shape index (κ1) is 29.8. The van der Waals surface area contributed by atoms with Crippen LogP contribution in [0.5, 0.6) is 0 Å². The first-order valence-electron chi connectivity index (χ1n) is 15.6. The van der Waals surface area contributed by atoms with Gasteiger partial charge in [0.2, 0.25) is 0 Å². The van der Waals surface area contributed by atoms with Crippen LogP contribution in [0.25, 0.3) is 0 Å². The molecule has 3 aliphatic rings. The Bertz CT molecular complexity index is 1400. The van der Waals surface area contributed by atoms with Crippen molar-refractivity contribution in [2.45, 2.75) is 84.1 Å². The highest BCUT2D eigenvalue weighted by Gasteiger charge is 2.50. The summed E-state index contributed by atoms with van der Waals surface area (Å²) >= 11 is 0. The number of likely N-dealkylation sites (tertiary alicyclic amines) is 1. The molecule has 5 atom stereocenters. The molecule has 2 saturated heterocycles. The van der Waals surface area contributed by atoms with Crippen LogP contribution in [-0.4, -0.2) is 41.3 Å². The highest BCUT2D eigenvalue weighted by Crippen LogP contribution is 2.53. The second-order valence-corrected chi connectivity index (χ2v) is 13.9. The number of urea groups is 1. The van der Waals surface area contributed by atoms with Gasteiger partial charge in [-0.1, -0.05) is 87.5 Å². The van der Waals surface area contributed by atoms with Crippen molar-refractivity contribution in [1.82, 2.24) is 10.2 Å². The number of nitrogens with one attached hydrogen (secondary N) is 2. The van der Waals surface area contributed by atoms with E-state index in [1.54, 1.807) is 0 Å². The lowest BCUT2D eigenvalue weighted by molar-refractivity contribution is -0.253. The Morgan fingerprint density at radius 1 is 0.930 bits per heavy atom. The van der Waals surface area contributed by atoms with Gasteiger partial charge in [0.25, 0.3) is 0 Å². The summed E-state index contributed by atoms with van der Waals surface area (Å²) in [5.41, 5.74) is 5.28. The quantitative estimate of drug-likeness (QED) is 0.267. The van der Waals surface area contributed by atoms with E-state index in [1.165, 1.54) is 19.3 Å². The summed E-state index contributed by atoms with van der Waals surface area (Å²) < 4.78 is 13.3. The fourth-order valence-electron chi connectivity index (χ4n) is 7.80. The van der Waals surface area contributed by atoms with E-state index in [2.05, 4.69) is 48.4 Å². The zero-order chi connectivity index (χ0) is 30.0. The number of aliphatic hydroxyl groups is 1. The topological polar surface area (TPSA) is 83.1 Å². The number of hydrogen-bond donors (Lipinski definition) is 3. The Morgan fingerprint density at radius 3 is 2.49 bits per heavy atom. The smallest absolute Gasteiger partial charge is 0.319 e. The molecule has 228 valence electrons. The standard InChI is InChI=1S/C36H45N3O4/c1-35(2)18-30-19-36(3,23-35)24-39(30)21-31-17-32(27-14-12-26(22-40)13-15-27)43-33(42-31)28-10-7-11-29(16-28)38-34(41)37-20-25-8-5-4-6-9-25/h4-16,30-33,40H,17-24H2,1-3H3,(H2,37,38,41)/t30?,31-,32+,33+,36?/m1/s1. The van der Waals surface area contributed by atoms with Gasteiger partial charge in [-0.15, -0.1) is 0 Å². The van der Waals surface area contributed by atoms with Gasteiger partial charge in [0.05, 0.1) is 18.8 Å². The third-order valence-corrected chi connectivity index (χ3v) is 9.29. The lowest BCUT2D eigenvalue weighted by Crippen LogP contribution is -2.42. The number of fused-ring (bicyclic) bond motifs is 2. The molecule has 43 heavy (non-hydrogen) atoms. The minimum Gasteiger partial charge on any atom is -0.392 e. The van der Waals surface area contributed by atoms with Gasteiger partial charge in [-0.05, 0) is 58.9 Å². The molecule has 6 rings (SSSR count). The maximum absolute atomic E-state index is 12.7. The number of rotatable bonds is 8. The lowest BCUT2D eigenvalue weighted by Gasteiger charge is -2.41. The number of nitrogens with zero attached hydrogens (tertiary/aromatic N) is 1. The highest BCUT2D eigenvalue weighted by atomic mass is 16.7. The molecule has 2 unspecified atom stereocenters. The van der Waals surface area contributed by atoms with E-state index < -0.39 is 6.29 Å². The zero-order valence-electron chi connectivity index (χ0n) is 25.6. The number of benzene rings is 3. The second kappa shape index (κ2) is 12.4. The van der Waals surface area contributed by atoms with Gasteiger partial charge in [-0.3, -0.25) is 4.90 Å². The molecule has 0 radical (unpaired) electrons. The first-order chi connectivity index (χ1) is 20.7. The van der Waals surface area contributed by atoms with Crippen molar-refractivity contribution >= 4 is 11.7 Å². The van der Waals surface area contributed by atoms with E-state index in [0.29, 0.717) is 29.1 Å². The van der Waals surface area contributed by atoms with Crippen molar-refractivity contribution in [3.8, 4) is 0 Å². The Hall–Kier alpha value is -3.23. The van der Waals surface area contributed by atoms with Crippen LogP contribution in [-0.2, 0) is 22.6 Å². The van der Waals surface area contributed by atoms with Gasteiger partial charge < -0.3 is 25.2 Å². The van der Waals surface area contributed by atoms with Crippen LogP contribution in [0.2, 0.25) is 0 Å². The Morgan fingerprint density at radius 2 is 1.72 bits per heavy atom. The molecule has 0 aromatic heterocycles.